The van der Waals surface area contributed by atoms with Crippen molar-refractivity contribution in [1.82, 2.24) is 14.8 Å². The third-order valence-corrected chi connectivity index (χ3v) is 3.88. The highest BCUT2D eigenvalue weighted by atomic mass is 16.2. The summed E-state index contributed by atoms with van der Waals surface area (Å²) in [5, 5.41) is 0. The van der Waals surface area contributed by atoms with Gasteiger partial charge in [-0.25, -0.2) is 0 Å². The van der Waals surface area contributed by atoms with E-state index in [-0.39, 0.29) is 11.8 Å². The van der Waals surface area contributed by atoms with E-state index in [1.54, 1.807) is 0 Å². The normalized spacial score (nSPS) is 15.7. The Morgan fingerprint density at radius 2 is 1.71 bits per heavy atom. The van der Waals surface area contributed by atoms with Gasteiger partial charge in [0.2, 0.25) is 5.91 Å². The number of carbonyl (C=O) groups excluding carboxylic acids is 2. The minimum absolute atomic E-state index is 0.0628. The maximum Gasteiger partial charge on any atom is 0.255 e. The molecule has 0 radical (unpaired) electrons. The van der Waals surface area contributed by atoms with Crippen LogP contribution in [-0.4, -0.2) is 52.8 Å². The molecule has 0 aromatic carbocycles. The van der Waals surface area contributed by atoms with Gasteiger partial charge in [0, 0.05) is 44.0 Å². The van der Waals surface area contributed by atoms with Gasteiger partial charge in [0.25, 0.3) is 5.91 Å². The molecule has 1 aromatic rings. The van der Waals surface area contributed by atoms with Crippen LogP contribution in [0, 0.1) is 19.8 Å². The first kappa shape index (κ1) is 15.6. The minimum atomic E-state index is 0.0628. The molecule has 0 saturated carbocycles. The lowest BCUT2D eigenvalue weighted by molar-refractivity contribution is -0.133. The van der Waals surface area contributed by atoms with Crippen LogP contribution in [0.4, 0.5) is 0 Å². The molecule has 0 atom stereocenters. The molecule has 5 nitrogen and oxygen atoms in total. The third kappa shape index (κ3) is 3.65. The van der Waals surface area contributed by atoms with E-state index in [2.05, 4.69) is 18.8 Å². The lowest BCUT2D eigenvalue weighted by Gasteiger charge is -2.35. The zero-order chi connectivity index (χ0) is 15.6. The summed E-state index contributed by atoms with van der Waals surface area (Å²) in [7, 11) is 0. The lowest BCUT2D eigenvalue weighted by Crippen LogP contribution is -2.50. The van der Waals surface area contributed by atoms with Crippen LogP contribution < -0.4 is 0 Å². The molecule has 1 aromatic heterocycles. The third-order valence-electron chi connectivity index (χ3n) is 3.88. The van der Waals surface area contributed by atoms with Gasteiger partial charge in [0.05, 0.1) is 5.56 Å². The number of amides is 2. The van der Waals surface area contributed by atoms with Crippen molar-refractivity contribution in [2.75, 3.05) is 26.2 Å². The van der Waals surface area contributed by atoms with Crippen LogP contribution in [0.25, 0.3) is 0 Å². The SMILES string of the molecule is Cc1cc(C(=O)N2CCN(C(=O)CC(C)C)CC2)c(C)[nH]1. The standard InChI is InChI=1S/C16H25N3O2/c1-11(2)9-15(20)18-5-7-19(8-6-18)16(21)14-10-12(3)17-13(14)4/h10-11,17H,5-9H2,1-4H3. The van der Waals surface area contributed by atoms with E-state index >= 15 is 0 Å². The quantitative estimate of drug-likeness (QED) is 0.925. The van der Waals surface area contributed by atoms with Crippen LogP contribution in [0.2, 0.25) is 0 Å². The smallest absolute Gasteiger partial charge is 0.255 e. The summed E-state index contributed by atoms with van der Waals surface area (Å²) in [6, 6.07) is 1.90. The Balaban J connectivity index is 1.93. The molecule has 0 aliphatic carbocycles. The number of nitrogens with one attached hydrogen (secondary N) is 1. The van der Waals surface area contributed by atoms with E-state index in [0.29, 0.717) is 38.5 Å². The van der Waals surface area contributed by atoms with Crippen LogP contribution >= 0.6 is 0 Å². The van der Waals surface area contributed by atoms with Crippen LogP contribution in [-0.2, 0) is 4.79 Å². The number of aromatic nitrogens is 1. The largest absolute Gasteiger partial charge is 0.362 e. The second-order valence-electron chi connectivity index (χ2n) is 6.26. The Morgan fingerprint density at radius 3 is 2.19 bits per heavy atom. The zero-order valence-electron chi connectivity index (χ0n) is 13.4. The summed E-state index contributed by atoms with van der Waals surface area (Å²) in [6.07, 6.45) is 0.587. The number of carbonyl (C=O) groups is 2. The van der Waals surface area contributed by atoms with Crippen LogP contribution in [0.3, 0.4) is 0 Å². The van der Waals surface area contributed by atoms with E-state index in [9.17, 15) is 9.59 Å². The Labute approximate surface area is 126 Å². The highest BCUT2D eigenvalue weighted by Gasteiger charge is 2.26. The number of piperazine rings is 1. The summed E-state index contributed by atoms with van der Waals surface area (Å²) >= 11 is 0. The first-order chi connectivity index (χ1) is 9.88. The van der Waals surface area contributed by atoms with Crippen LogP contribution in [0.15, 0.2) is 6.07 Å². The second-order valence-corrected chi connectivity index (χ2v) is 6.26. The fraction of sp³-hybridized carbons (Fsp3) is 0.625. The van der Waals surface area contributed by atoms with Crippen LogP contribution in [0.5, 0.6) is 0 Å². The van der Waals surface area contributed by atoms with Gasteiger partial charge in [0.15, 0.2) is 0 Å². The predicted octanol–water partition coefficient (Wildman–Crippen LogP) is 1.96. The average molecular weight is 291 g/mol. The van der Waals surface area contributed by atoms with Gasteiger partial charge >= 0.3 is 0 Å². The van der Waals surface area contributed by atoms with E-state index in [4.69, 9.17) is 0 Å². The highest BCUT2D eigenvalue weighted by molar-refractivity contribution is 5.95. The first-order valence-electron chi connectivity index (χ1n) is 7.61. The molecule has 1 aliphatic heterocycles. The van der Waals surface area contributed by atoms with Crippen molar-refractivity contribution in [2.24, 2.45) is 5.92 Å². The summed E-state index contributed by atoms with van der Waals surface area (Å²) in [5.41, 5.74) is 2.66. The fourth-order valence-corrected chi connectivity index (χ4v) is 2.75. The molecular weight excluding hydrogens is 266 g/mol. The Hall–Kier alpha value is -1.78. The molecule has 21 heavy (non-hydrogen) atoms. The topological polar surface area (TPSA) is 56.4 Å². The number of nitrogens with zero attached hydrogens (tertiary/aromatic N) is 2. The minimum Gasteiger partial charge on any atom is -0.362 e. The van der Waals surface area contributed by atoms with E-state index < -0.39 is 0 Å². The maximum absolute atomic E-state index is 12.5. The monoisotopic (exact) mass is 291 g/mol. The fourth-order valence-electron chi connectivity index (χ4n) is 2.75. The molecule has 0 unspecified atom stereocenters. The van der Waals surface area contributed by atoms with Gasteiger partial charge in [-0.15, -0.1) is 0 Å². The van der Waals surface area contributed by atoms with E-state index in [0.717, 1.165) is 17.0 Å². The number of H-pyrrole nitrogens is 1. The van der Waals surface area contributed by atoms with Crippen LogP contribution in [0.1, 0.15) is 42.0 Å². The van der Waals surface area contributed by atoms with Crippen molar-refractivity contribution in [2.45, 2.75) is 34.1 Å². The molecule has 2 rings (SSSR count). The van der Waals surface area contributed by atoms with Gasteiger partial charge in [-0.2, -0.15) is 0 Å². The molecule has 2 amide bonds. The maximum atomic E-state index is 12.5. The molecule has 2 heterocycles. The number of rotatable bonds is 3. The Morgan fingerprint density at radius 1 is 1.14 bits per heavy atom. The van der Waals surface area contributed by atoms with E-state index in [1.165, 1.54) is 0 Å². The Bertz CT molecular complexity index is 526. The van der Waals surface area contributed by atoms with Gasteiger partial charge in [-0.05, 0) is 25.8 Å². The molecule has 1 aliphatic rings. The average Bonchev–Trinajstić information content (AvgIpc) is 2.76. The van der Waals surface area contributed by atoms with Gasteiger partial charge in [-0.3, -0.25) is 9.59 Å². The van der Waals surface area contributed by atoms with Gasteiger partial charge in [-0.1, -0.05) is 13.8 Å². The summed E-state index contributed by atoms with van der Waals surface area (Å²) < 4.78 is 0. The first-order valence-corrected chi connectivity index (χ1v) is 7.61. The number of aryl methyl sites for hydroxylation is 2. The van der Waals surface area contributed by atoms with E-state index in [1.807, 2.05) is 29.7 Å². The molecule has 1 N–H and O–H groups in total. The zero-order valence-corrected chi connectivity index (χ0v) is 13.4. The highest BCUT2D eigenvalue weighted by Crippen LogP contribution is 2.15. The van der Waals surface area contributed by atoms with Crippen molar-refractivity contribution < 1.29 is 9.59 Å². The molecule has 1 fully saturated rings. The van der Waals surface area contributed by atoms with Gasteiger partial charge in [0.1, 0.15) is 0 Å². The number of hydrogen-bond acceptors (Lipinski definition) is 2. The van der Waals surface area contributed by atoms with Gasteiger partial charge < -0.3 is 14.8 Å². The second kappa shape index (κ2) is 6.33. The number of hydrogen-bond donors (Lipinski definition) is 1. The Kier molecular flexibility index (Phi) is 4.70. The van der Waals surface area contributed by atoms with Crippen molar-refractivity contribution in [3.05, 3.63) is 23.0 Å². The molecule has 116 valence electrons. The van der Waals surface area contributed by atoms with Crippen molar-refractivity contribution >= 4 is 11.8 Å². The molecular formula is C16H25N3O2. The summed E-state index contributed by atoms with van der Waals surface area (Å²) in [5.74, 6) is 0.640. The molecule has 1 saturated heterocycles. The summed E-state index contributed by atoms with van der Waals surface area (Å²) in [6.45, 7) is 10.5. The predicted molar refractivity (Wildman–Crippen MR) is 82.2 cm³/mol. The van der Waals surface area contributed by atoms with Crippen molar-refractivity contribution in [3.63, 3.8) is 0 Å². The molecule has 0 bridgehead atoms. The lowest BCUT2D eigenvalue weighted by atomic mass is 10.1. The molecule has 5 heteroatoms. The number of aromatic amines is 1. The molecule has 0 spiro atoms. The van der Waals surface area contributed by atoms with Crippen molar-refractivity contribution in [1.29, 1.82) is 0 Å². The summed E-state index contributed by atoms with van der Waals surface area (Å²) in [4.78, 5) is 31.4. The van der Waals surface area contributed by atoms with Crippen molar-refractivity contribution in [3.8, 4) is 0 Å².